The van der Waals surface area contributed by atoms with E-state index in [0.717, 1.165) is 23.4 Å². The Balaban J connectivity index is 1.73. The number of hydrogen-bond donors (Lipinski definition) is 0. The van der Waals surface area contributed by atoms with Gasteiger partial charge in [0.1, 0.15) is 5.75 Å². The molecule has 0 unspecified atom stereocenters. The topological polar surface area (TPSA) is 48.0 Å². The lowest BCUT2D eigenvalue weighted by molar-refractivity contribution is -0.119. The highest BCUT2D eigenvalue weighted by atomic mass is 16.5. The van der Waals surface area contributed by atoms with E-state index in [1.54, 1.807) is 33.3 Å². The van der Waals surface area contributed by atoms with Gasteiger partial charge in [-0.3, -0.25) is 4.79 Å². The van der Waals surface area contributed by atoms with Crippen molar-refractivity contribution in [2.45, 2.75) is 12.3 Å². The second-order valence-electron chi connectivity index (χ2n) is 6.16. The highest BCUT2D eigenvalue weighted by Crippen LogP contribution is 2.49. The zero-order chi connectivity index (χ0) is 18.0. The molecule has 5 nitrogen and oxygen atoms in total. The molecule has 3 rings (SSSR count). The van der Waals surface area contributed by atoms with Crippen molar-refractivity contribution in [3.05, 3.63) is 48.0 Å². The smallest absolute Gasteiger partial charge is 0.230 e. The van der Waals surface area contributed by atoms with Crippen LogP contribution in [0.2, 0.25) is 0 Å². The number of carbonyl (C=O) groups excluding carboxylic acids is 1. The fourth-order valence-electron chi connectivity index (χ4n) is 3.12. The summed E-state index contributed by atoms with van der Waals surface area (Å²) in [5.74, 6) is 2.45. The first-order valence-electron chi connectivity index (χ1n) is 8.22. The van der Waals surface area contributed by atoms with E-state index in [9.17, 15) is 4.79 Å². The summed E-state index contributed by atoms with van der Waals surface area (Å²) in [5, 5.41) is 0. The molecular weight excluding hydrogens is 318 g/mol. The molecule has 5 heteroatoms. The van der Waals surface area contributed by atoms with Crippen LogP contribution in [0.1, 0.15) is 17.9 Å². The van der Waals surface area contributed by atoms with Crippen molar-refractivity contribution >= 4 is 11.6 Å². The van der Waals surface area contributed by atoms with Crippen LogP contribution in [0, 0.1) is 5.92 Å². The van der Waals surface area contributed by atoms with Crippen LogP contribution in [0.3, 0.4) is 0 Å². The first-order chi connectivity index (χ1) is 12.1. The fraction of sp³-hybridized carbons (Fsp3) is 0.350. The lowest BCUT2D eigenvalue weighted by atomic mass is 10.1. The van der Waals surface area contributed by atoms with Crippen LogP contribution in [0.5, 0.6) is 17.2 Å². The van der Waals surface area contributed by atoms with E-state index in [2.05, 4.69) is 6.07 Å². The lowest BCUT2D eigenvalue weighted by Crippen LogP contribution is -2.28. The maximum atomic E-state index is 12.8. The minimum atomic E-state index is 0.00482. The van der Waals surface area contributed by atoms with Crippen molar-refractivity contribution in [2.24, 2.45) is 5.92 Å². The van der Waals surface area contributed by atoms with Gasteiger partial charge >= 0.3 is 0 Å². The third kappa shape index (κ3) is 3.40. The van der Waals surface area contributed by atoms with Gasteiger partial charge in [0.25, 0.3) is 0 Å². The van der Waals surface area contributed by atoms with Gasteiger partial charge in [0.15, 0.2) is 11.5 Å². The Labute approximate surface area is 148 Å². The Bertz CT molecular complexity index is 774. The quantitative estimate of drug-likeness (QED) is 0.807. The number of methoxy groups -OCH3 is 3. The van der Waals surface area contributed by atoms with Crippen LogP contribution in [-0.2, 0) is 4.79 Å². The third-order valence-corrected chi connectivity index (χ3v) is 4.71. The van der Waals surface area contributed by atoms with Gasteiger partial charge in [0.2, 0.25) is 5.91 Å². The summed E-state index contributed by atoms with van der Waals surface area (Å²) >= 11 is 0. The normalized spacial score (nSPS) is 18.4. The predicted molar refractivity (Wildman–Crippen MR) is 96.8 cm³/mol. The van der Waals surface area contributed by atoms with E-state index in [0.29, 0.717) is 11.5 Å². The average Bonchev–Trinajstić information content (AvgIpc) is 3.47. The SMILES string of the molecule is COc1cccc([C@@H]2C[C@@H]2C(=O)N(C)c2ccc(OC)c(OC)c2)c1. The minimum Gasteiger partial charge on any atom is -0.497 e. The first kappa shape index (κ1) is 17.1. The summed E-state index contributed by atoms with van der Waals surface area (Å²) in [6.45, 7) is 0. The average molecular weight is 341 g/mol. The molecule has 2 aromatic rings. The van der Waals surface area contributed by atoms with Gasteiger partial charge < -0.3 is 19.1 Å². The summed E-state index contributed by atoms with van der Waals surface area (Å²) in [4.78, 5) is 14.5. The molecule has 0 heterocycles. The van der Waals surface area contributed by atoms with Crippen molar-refractivity contribution in [3.63, 3.8) is 0 Å². The number of anilines is 1. The molecule has 0 N–H and O–H groups in total. The molecule has 1 amide bonds. The van der Waals surface area contributed by atoms with Crippen molar-refractivity contribution in [2.75, 3.05) is 33.3 Å². The molecule has 1 saturated carbocycles. The Morgan fingerprint density at radius 3 is 2.44 bits per heavy atom. The predicted octanol–water partition coefficient (Wildman–Crippen LogP) is 3.48. The number of hydrogen-bond acceptors (Lipinski definition) is 4. The molecule has 132 valence electrons. The minimum absolute atomic E-state index is 0.00482. The van der Waals surface area contributed by atoms with Gasteiger partial charge in [-0.2, -0.15) is 0 Å². The molecule has 0 aliphatic heterocycles. The van der Waals surface area contributed by atoms with Gasteiger partial charge in [-0.1, -0.05) is 12.1 Å². The highest BCUT2D eigenvalue weighted by molar-refractivity contribution is 5.97. The van der Waals surface area contributed by atoms with Crippen LogP contribution in [0.25, 0.3) is 0 Å². The molecule has 0 spiro atoms. The van der Waals surface area contributed by atoms with Gasteiger partial charge in [0.05, 0.1) is 21.3 Å². The van der Waals surface area contributed by atoms with Gasteiger partial charge in [-0.05, 0) is 42.2 Å². The summed E-state index contributed by atoms with van der Waals surface area (Å²) in [6, 6.07) is 13.4. The number of ether oxygens (including phenoxy) is 3. The standard InChI is InChI=1S/C20H23NO4/c1-21(14-8-9-18(24-3)19(11-14)25-4)20(22)17-12-16(17)13-6-5-7-15(10-13)23-2/h5-11,16-17H,12H2,1-4H3/t16-,17-/m0/s1. The largest absolute Gasteiger partial charge is 0.497 e. The maximum Gasteiger partial charge on any atom is 0.230 e. The summed E-state index contributed by atoms with van der Waals surface area (Å²) in [7, 11) is 6.63. The molecule has 0 aromatic heterocycles. The van der Waals surface area contributed by atoms with Crippen LogP contribution >= 0.6 is 0 Å². The van der Waals surface area contributed by atoms with E-state index in [1.165, 1.54) is 0 Å². The molecule has 0 radical (unpaired) electrons. The molecular formula is C20H23NO4. The van der Waals surface area contributed by atoms with Gasteiger partial charge in [0, 0.05) is 24.7 Å². The fourth-order valence-corrected chi connectivity index (χ4v) is 3.12. The zero-order valence-electron chi connectivity index (χ0n) is 15.0. The Morgan fingerprint density at radius 2 is 1.76 bits per heavy atom. The van der Waals surface area contributed by atoms with Crippen molar-refractivity contribution in [3.8, 4) is 17.2 Å². The second kappa shape index (κ2) is 7.05. The summed E-state index contributed by atoms with van der Waals surface area (Å²) in [6.07, 6.45) is 0.865. The highest BCUT2D eigenvalue weighted by Gasteiger charge is 2.45. The van der Waals surface area contributed by atoms with E-state index in [-0.39, 0.29) is 17.7 Å². The lowest BCUT2D eigenvalue weighted by Gasteiger charge is -2.19. The molecule has 2 aromatic carbocycles. The molecule has 0 bridgehead atoms. The molecule has 25 heavy (non-hydrogen) atoms. The number of rotatable bonds is 6. The third-order valence-electron chi connectivity index (χ3n) is 4.71. The van der Waals surface area contributed by atoms with Crippen molar-refractivity contribution in [1.82, 2.24) is 0 Å². The Kier molecular flexibility index (Phi) is 4.83. The zero-order valence-corrected chi connectivity index (χ0v) is 15.0. The number of nitrogens with zero attached hydrogens (tertiary/aromatic N) is 1. The van der Waals surface area contributed by atoms with E-state index in [1.807, 2.05) is 36.4 Å². The summed E-state index contributed by atoms with van der Waals surface area (Å²) in [5.41, 5.74) is 1.94. The number of carbonyl (C=O) groups is 1. The van der Waals surface area contributed by atoms with E-state index in [4.69, 9.17) is 14.2 Å². The van der Waals surface area contributed by atoms with E-state index >= 15 is 0 Å². The number of amides is 1. The van der Waals surface area contributed by atoms with Crippen LogP contribution in [0.15, 0.2) is 42.5 Å². The van der Waals surface area contributed by atoms with Crippen molar-refractivity contribution in [1.29, 1.82) is 0 Å². The Morgan fingerprint density at radius 1 is 1.00 bits per heavy atom. The first-order valence-corrected chi connectivity index (χ1v) is 8.22. The second-order valence-corrected chi connectivity index (χ2v) is 6.16. The molecule has 0 saturated heterocycles. The van der Waals surface area contributed by atoms with E-state index < -0.39 is 0 Å². The van der Waals surface area contributed by atoms with Gasteiger partial charge in [-0.15, -0.1) is 0 Å². The number of benzene rings is 2. The maximum absolute atomic E-state index is 12.8. The van der Waals surface area contributed by atoms with Crippen LogP contribution in [0.4, 0.5) is 5.69 Å². The van der Waals surface area contributed by atoms with Crippen LogP contribution < -0.4 is 19.1 Å². The molecule has 1 aliphatic carbocycles. The van der Waals surface area contributed by atoms with Gasteiger partial charge in [-0.25, -0.2) is 0 Å². The van der Waals surface area contributed by atoms with Crippen molar-refractivity contribution < 1.29 is 19.0 Å². The molecule has 1 fully saturated rings. The Hall–Kier alpha value is -2.69. The monoisotopic (exact) mass is 341 g/mol. The molecule has 2 atom stereocenters. The van der Waals surface area contributed by atoms with Crippen LogP contribution in [-0.4, -0.2) is 34.3 Å². The molecule has 1 aliphatic rings. The summed E-state index contributed by atoms with van der Waals surface area (Å²) < 4.78 is 15.8.